The molecule has 1 N–H and O–H groups in total. The van der Waals surface area contributed by atoms with Crippen LogP contribution in [-0.4, -0.2) is 33.9 Å². The molecule has 1 saturated heterocycles. The van der Waals surface area contributed by atoms with Gasteiger partial charge in [0.25, 0.3) is 0 Å². The van der Waals surface area contributed by atoms with Crippen molar-refractivity contribution in [3.05, 3.63) is 34.7 Å². The van der Waals surface area contributed by atoms with E-state index in [9.17, 15) is 9.90 Å². The number of aromatic nitrogens is 1. The van der Waals surface area contributed by atoms with Gasteiger partial charge in [-0.25, -0.2) is 4.98 Å². The van der Waals surface area contributed by atoms with Crippen LogP contribution in [0.25, 0.3) is 5.70 Å². The number of Topliss-reactive ketones (excluding diaryl/α,β-unsaturated/α-hetero) is 1. The normalized spacial score (nSPS) is 23.0. The van der Waals surface area contributed by atoms with E-state index in [1.165, 1.54) is 12.8 Å². The number of fused-ring (bicyclic) bond motifs is 1. The molecule has 2 heterocycles. The van der Waals surface area contributed by atoms with Crippen molar-refractivity contribution in [1.82, 2.24) is 9.88 Å². The van der Waals surface area contributed by atoms with Gasteiger partial charge in [0.05, 0.1) is 28.8 Å². The lowest BCUT2D eigenvalue weighted by molar-refractivity contribution is -0.114. The van der Waals surface area contributed by atoms with Crippen molar-refractivity contribution in [2.45, 2.75) is 45.1 Å². The average Bonchev–Trinajstić information content (AvgIpc) is 3.33. The van der Waals surface area contributed by atoms with E-state index in [2.05, 4.69) is 15.8 Å². The molecule has 2 aliphatic carbocycles. The molecule has 0 amide bonds. The zero-order valence-corrected chi connectivity index (χ0v) is 14.0. The van der Waals surface area contributed by atoms with Crippen LogP contribution < -0.4 is 0 Å². The number of likely N-dealkylation sites (tertiary alicyclic amines) is 1. The lowest BCUT2D eigenvalue weighted by Gasteiger charge is -2.37. The molecular formula is C20H22N2O2. The molecule has 0 aromatic carbocycles. The predicted octanol–water partition coefficient (Wildman–Crippen LogP) is 2.48. The Kier molecular flexibility index (Phi) is 3.51. The molecule has 3 aliphatic rings. The average molecular weight is 322 g/mol. The number of hydrogen-bond donors (Lipinski definition) is 1. The predicted molar refractivity (Wildman–Crippen MR) is 91.8 cm³/mol. The fourth-order valence-corrected chi connectivity index (χ4v) is 3.93. The number of hydrogen-bond acceptors (Lipinski definition) is 4. The molecule has 124 valence electrons. The number of piperidine rings is 1. The fourth-order valence-electron chi connectivity index (χ4n) is 3.93. The fraction of sp³-hybridized carbons (Fsp3) is 0.500. The second kappa shape index (κ2) is 5.46. The van der Waals surface area contributed by atoms with Crippen LogP contribution in [0, 0.1) is 17.8 Å². The van der Waals surface area contributed by atoms with Crippen molar-refractivity contribution in [3.63, 3.8) is 0 Å². The summed E-state index contributed by atoms with van der Waals surface area (Å²) >= 11 is 0. The quantitative estimate of drug-likeness (QED) is 0.850. The smallest absolute Gasteiger partial charge is 0.177 e. The molecule has 0 radical (unpaired) electrons. The van der Waals surface area contributed by atoms with Crippen LogP contribution in [0.15, 0.2) is 17.7 Å². The Balaban J connectivity index is 1.78. The number of aliphatic hydroxyl groups is 1. The van der Waals surface area contributed by atoms with Crippen molar-refractivity contribution in [2.24, 2.45) is 5.41 Å². The van der Waals surface area contributed by atoms with Crippen LogP contribution in [-0.2, 0) is 11.2 Å². The summed E-state index contributed by atoms with van der Waals surface area (Å²) in [7, 11) is 0. The van der Waals surface area contributed by atoms with Crippen molar-refractivity contribution in [1.29, 1.82) is 0 Å². The van der Waals surface area contributed by atoms with Crippen molar-refractivity contribution in [2.75, 3.05) is 13.1 Å². The first-order chi connectivity index (χ1) is 11.5. The molecule has 1 aliphatic heterocycles. The zero-order valence-electron chi connectivity index (χ0n) is 14.0. The van der Waals surface area contributed by atoms with Crippen LogP contribution in [0.5, 0.6) is 0 Å². The van der Waals surface area contributed by atoms with Crippen LogP contribution in [0.4, 0.5) is 0 Å². The number of allylic oxidation sites excluding steroid dienone is 1. The highest BCUT2D eigenvalue weighted by atomic mass is 16.3. The van der Waals surface area contributed by atoms with Crippen LogP contribution in [0.1, 0.15) is 55.7 Å². The summed E-state index contributed by atoms with van der Waals surface area (Å²) in [5.41, 5.74) is 4.13. The minimum Gasteiger partial charge on any atom is -0.387 e. The van der Waals surface area contributed by atoms with Gasteiger partial charge in [0.2, 0.25) is 0 Å². The number of ketones is 1. The lowest BCUT2D eigenvalue weighted by Crippen LogP contribution is -2.36. The summed E-state index contributed by atoms with van der Waals surface area (Å²) < 4.78 is 0. The standard InChI is InChI=1S/C20H22N2O2/c1-3-15-17(24)12-14-4-5-16(13(2)23)21-18(14)19(15)22-10-8-20(6-7-20)9-11-22/h1,4-5,13,23H,6-12H2,2H3. The van der Waals surface area contributed by atoms with Gasteiger partial charge in [-0.3, -0.25) is 4.79 Å². The SMILES string of the molecule is C#CC1=C(N2CCC3(CC2)CC3)c2nc(C(C)O)ccc2CC1=O. The van der Waals surface area contributed by atoms with Gasteiger partial charge in [0.15, 0.2) is 5.78 Å². The van der Waals surface area contributed by atoms with E-state index in [4.69, 9.17) is 6.42 Å². The van der Waals surface area contributed by atoms with Gasteiger partial charge in [-0.1, -0.05) is 12.0 Å². The van der Waals surface area contributed by atoms with Gasteiger partial charge in [0, 0.05) is 19.5 Å². The third-order valence-electron chi connectivity index (χ3n) is 5.76. The minimum absolute atomic E-state index is 0.00157. The molecule has 1 atom stereocenters. The Labute approximate surface area is 142 Å². The summed E-state index contributed by atoms with van der Waals surface area (Å²) in [6.45, 7) is 3.55. The first-order valence-electron chi connectivity index (χ1n) is 8.70. The monoisotopic (exact) mass is 322 g/mol. The van der Waals surface area contributed by atoms with Crippen molar-refractivity contribution >= 4 is 11.5 Å². The molecule has 24 heavy (non-hydrogen) atoms. The van der Waals surface area contributed by atoms with E-state index in [-0.39, 0.29) is 5.78 Å². The zero-order chi connectivity index (χ0) is 16.9. The van der Waals surface area contributed by atoms with Gasteiger partial charge >= 0.3 is 0 Å². The molecule has 1 aromatic heterocycles. The van der Waals surface area contributed by atoms with Crippen LogP contribution in [0.2, 0.25) is 0 Å². The molecule has 1 saturated carbocycles. The highest BCUT2D eigenvalue weighted by Crippen LogP contribution is 2.54. The Morgan fingerprint density at radius 2 is 2.00 bits per heavy atom. The Morgan fingerprint density at radius 3 is 2.58 bits per heavy atom. The Hall–Kier alpha value is -2.12. The molecule has 4 rings (SSSR count). The van der Waals surface area contributed by atoms with E-state index in [0.717, 1.165) is 42.9 Å². The topological polar surface area (TPSA) is 53.4 Å². The van der Waals surface area contributed by atoms with E-state index in [0.29, 0.717) is 23.1 Å². The molecular weight excluding hydrogens is 300 g/mol. The van der Waals surface area contributed by atoms with Gasteiger partial charge in [0.1, 0.15) is 0 Å². The molecule has 4 nitrogen and oxygen atoms in total. The van der Waals surface area contributed by atoms with Crippen LogP contribution in [0.3, 0.4) is 0 Å². The maximum absolute atomic E-state index is 12.5. The summed E-state index contributed by atoms with van der Waals surface area (Å²) in [4.78, 5) is 19.4. The summed E-state index contributed by atoms with van der Waals surface area (Å²) in [5, 5.41) is 9.87. The number of carbonyl (C=O) groups excluding carboxylic acids is 1. The van der Waals surface area contributed by atoms with Crippen molar-refractivity contribution < 1.29 is 9.90 Å². The first-order valence-corrected chi connectivity index (χ1v) is 8.70. The van der Waals surface area contributed by atoms with Crippen LogP contribution >= 0.6 is 0 Å². The maximum atomic E-state index is 12.5. The van der Waals surface area contributed by atoms with Gasteiger partial charge in [-0.15, -0.1) is 6.42 Å². The second-order valence-corrected chi connectivity index (χ2v) is 7.37. The number of aliphatic hydroxyl groups excluding tert-OH is 1. The third-order valence-corrected chi connectivity index (χ3v) is 5.76. The van der Waals surface area contributed by atoms with Gasteiger partial charge in [-0.2, -0.15) is 0 Å². The number of nitrogens with zero attached hydrogens (tertiary/aromatic N) is 2. The Bertz CT molecular complexity index is 771. The first kappa shape index (κ1) is 15.4. The number of rotatable bonds is 2. The summed E-state index contributed by atoms with van der Waals surface area (Å²) in [5.74, 6) is 2.61. The third kappa shape index (κ3) is 2.44. The molecule has 1 spiro atoms. The van der Waals surface area contributed by atoms with E-state index >= 15 is 0 Å². The number of pyridine rings is 1. The van der Waals surface area contributed by atoms with Crippen molar-refractivity contribution in [3.8, 4) is 12.3 Å². The van der Waals surface area contributed by atoms with E-state index in [1.807, 2.05) is 6.07 Å². The number of terminal acetylenes is 1. The maximum Gasteiger partial charge on any atom is 0.177 e. The van der Waals surface area contributed by atoms with E-state index < -0.39 is 6.10 Å². The number of carbonyl (C=O) groups is 1. The highest BCUT2D eigenvalue weighted by Gasteiger charge is 2.45. The summed E-state index contributed by atoms with van der Waals surface area (Å²) in [6, 6.07) is 3.70. The minimum atomic E-state index is -0.639. The second-order valence-electron chi connectivity index (χ2n) is 7.37. The molecule has 1 unspecified atom stereocenters. The largest absolute Gasteiger partial charge is 0.387 e. The summed E-state index contributed by atoms with van der Waals surface area (Å²) in [6.07, 6.45) is 10.3. The van der Waals surface area contributed by atoms with E-state index in [1.54, 1.807) is 13.0 Å². The van der Waals surface area contributed by atoms with Gasteiger partial charge in [-0.05, 0) is 49.7 Å². The Morgan fingerprint density at radius 1 is 1.29 bits per heavy atom. The molecule has 0 bridgehead atoms. The molecule has 2 fully saturated rings. The molecule has 4 heteroatoms. The lowest BCUT2D eigenvalue weighted by atomic mass is 9.88. The highest BCUT2D eigenvalue weighted by molar-refractivity contribution is 6.09. The van der Waals surface area contributed by atoms with Gasteiger partial charge < -0.3 is 10.0 Å². The molecule has 1 aromatic rings.